The van der Waals surface area contributed by atoms with Gasteiger partial charge >= 0.3 is 0 Å². The zero-order chi connectivity index (χ0) is 18.6. The summed E-state index contributed by atoms with van der Waals surface area (Å²) in [5, 5.41) is 13.8. The quantitative estimate of drug-likeness (QED) is 0.537. The molecule has 0 saturated carbocycles. The van der Waals surface area contributed by atoms with Crippen molar-refractivity contribution < 1.29 is 9.84 Å². The molecular weight excluding hydrogens is 338 g/mol. The number of phenols is 1. The smallest absolute Gasteiger partial charge is 0.139 e. The van der Waals surface area contributed by atoms with Gasteiger partial charge < -0.3 is 15.2 Å². The van der Waals surface area contributed by atoms with Gasteiger partial charge in [0.2, 0.25) is 0 Å². The lowest BCUT2D eigenvalue weighted by Crippen LogP contribution is -2.07. The third kappa shape index (κ3) is 3.44. The number of rotatable bonds is 6. The van der Waals surface area contributed by atoms with Gasteiger partial charge in [0.25, 0.3) is 0 Å². The number of hydrogen-bond acceptors (Lipinski definition) is 4. The van der Waals surface area contributed by atoms with E-state index < -0.39 is 0 Å². The van der Waals surface area contributed by atoms with Gasteiger partial charge in [0, 0.05) is 18.3 Å². The van der Waals surface area contributed by atoms with Crippen LogP contribution in [0.25, 0.3) is 16.9 Å². The van der Waals surface area contributed by atoms with Crippen molar-refractivity contribution in [2.45, 2.75) is 6.42 Å². The molecule has 0 amide bonds. The van der Waals surface area contributed by atoms with Crippen molar-refractivity contribution in [2.24, 2.45) is 0 Å². The number of ether oxygens (including phenoxy) is 1. The number of pyridine rings is 1. The second kappa shape index (κ2) is 7.41. The molecule has 0 aliphatic heterocycles. The lowest BCUT2D eigenvalue weighted by molar-refractivity contribution is 0.414. The summed E-state index contributed by atoms with van der Waals surface area (Å²) < 4.78 is 7.22. The van der Waals surface area contributed by atoms with E-state index in [0.29, 0.717) is 5.56 Å². The lowest BCUT2D eigenvalue weighted by Gasteiger charge is -2.10. The van der Waals surface area contributed by atoms with E-state index in [0.717, 1.165) is 35.9 Å². The first-order valence-corrected chi connectivity index (χ1v) is 8.88. The SMILES string of the molecule is COc1ccc(CCNc2c(-c3ccccc3O)nc3ccccn23)cc1. The van der Waals surface area contributed by atoms with Crippen molar-refractivity contribution >= 4 is 11.5 Å². The van der Waals surface area contributed by atoms with Crippen LogP contribution >= 0.6 is 0 Å². The molecule has 2 aromatic carbocycles. The largest absolute Gasteiger partial charge is 0.507 e. The fourth-order valence-electron chi connectivity index (χ4n) is 3.14. The number of nitrogens with one attached hydrogen (secondary N) is 1. The van der Waals surface area contributed by atoms with Crippen molar-refractivity contribution in [1.82, 2.24) is 9.38 Å². The van der Waals surface area contributed by atoms with Crippen molar-refractivity contribution in [3.63, 3.8) is 0 Å². The van der Waals surface area contributed by atoms with Crippen LogP contribution in [-0.2, 0) is 6.42 Å². The highest BCUT2D eigenvalue weighted by atomic mass is 16.5. The number of methoxy groups -OCH3 is 1. The van der Waals surface area contributed by atoms with Crippen LogP contribution in [-0.4, -0.2) is 28.1 Å². The highest BCUT2D eigenvalue weighted by molar-refractivity contribution is 5.80. The Bertz CT molecular complexity index is 1050. The number of nitrogens with zero attached hydrogens (tertiary/aromatic N) is 2. The minimum Gasteiger partial charge on any atom is -0.507 e. The second-order valence-corrected chi connectivity index (χ2v) is 6.28. The molecule has 2 heterocycles. The third-order valence-electron chi connectivity index (χ3n) is 4.55. The molecular formula is C22H21N3O2. The summed E-state index contributed by atoms with van der Waals surface area (Å²) in [7, 11) is 1.67. The maximum absolute atomic E-state index is 10.3. The van der Waals surface area contributed by atoms with Crippen molar-refractivity contribution in [3.05, 3.63) is 78.5 Å². The Morgan fingerprint density at radius 3 is 2.56 bits per heavy atom. The van der Waals surface area contributed by atoms with E-state index in [2.05, 4.69) is 17.4 Å². The average molecular weight is 359 g/mol. The first-order valence-electron chi connectivity index (χ1n) is 8.88. The number of fused-ring (bicyclic) bond motifs is 1. The van der Waals surface area contributed by atoms with Crippen LogP contribution in [0.2, 0.25) is 0 Å². The molecule has 0 aliphatic carbocycles. The van der Waals surface area contributed by atoms with Gasteiger partial charge in [0.15, 0.2) is 0 Å². The Morgan fingerprint density at radius 1 is 1.00 bits per heavy atom. The number of benzene rings is 2. The minimum absolute atomic E-state index is 0.221. The van der Waals surface area contributed by atoms with E-state index in [1.54, 1.807) is 13.2 Å². The molecule has 0 radical (unpaired) electrons. The van der Waals surface area contributed by atoms with E-state index >= 15 is 0 Å². The summed E-state index contributed by atoms with van der Waals surface area (Å²) in [5.41, 5.74) is 3.52. The standard InChI is InChI=1S/C22H21N3O2/c1-27-17-11-9-16(10-12-17)13-14-23-22-21(18-6-2-3-7-19(18)26)24-20-8-4-5-15-25(20)22/h2-12,15,23,26H,13-14H2,1H3. The maximum Gasteiger partial charge on any atom is 0.139 e. The molecule has 4 aromatic rings. The molecule has 136 valence electrons. The molecule has 0 spiro atoms. The minimum atomic E-state index is 0.221. The van der Waals surface area contributed by atoms with E-state index in [9.17, 15) is 5.11 Å². The molecule has 0 fully saturated rings. The molecule has 5 nitrogen and oxygen atoms in total. The van der Waals surface area contributed by atoms with Gasteiger partial charge in [0.1, 0.15) is 28.7 Å². The Morgan fingerprint density at radius 2 is 1.78 bits per heavy atom. The van der Waals surface area contributed by atoms with Crippen LogP contribution in [0.15, 0.2) is 72.9 Å². The van der Waals surface area contributed by atoms with Crippen LogP contribution < -0.4 is 10.1 Å². The molecule has 0 aliphatic rings. The molecule has 27 heavy (non-hydrogen) atoms. The van der Waals surface area contributed by atoms with Crippen LogP contribution in [0, 0.1) is 0 Å². The summed E-state index contributed by atoms with van der Waals surface area (Å²) in [4.78, 5) is 4.72. The zero-order valence-corrected chi connectivity index (χ0v) is 15.1. The topological polar surface area (TPSA) is 58.8 Å². The number of phenolic OH excluding ortho intramolecular Hbond substituents is 1. The van der Waals surface area contributed by atoms with Gasteiger partial charge in [-0.25, -0.2) is 4.98 Å². The number of aromatic hydroxyl groups is 1. The fourth-order valence-corrected chi connectivity index (χ4v) is 3.14. The zero-order valence-electron chi connectivity index (χ0n) is 15.1. The van der Waals surface area contributed by atoms with Crippen LogP contribution in [0.4, 0.5) is 5.82 Å². The van der Waals surface area contributed by atoms with Crippen LogP contribution in [0.3, 0.4) is 0 Å². The summed E-state index contributed by atoms with van der Waals surface area (Å²) in [6.07, 6.45) is 2.84. The van der Waals surface area contributed by atoms with Crippen molar-refractivity contribution in [2.75, 3.05) is 19.0 Å². The molecule has 0 saturated heterocycles. The number of anilines is 1. The number of aromatic nitrogens is 2. The number of para-hydroxylation sites is 1. The summed E-state index contributed by atoms with van der Waals surface area (Å²) >= 11 is 0. The summed E-state index contributed by atoms with van der Waals surface area (Å²) in [5.74, 6) is 1.95. The molecule has 0 atom stereocenters. The highest BCUT2D eigenvalue weighted by Gasteiger charge is 2.16. The first kappa shape index (κ1) is 17.0. The van der Waals surface area contributed by atoms with Gasteiger partial charge in [-0.3, -0.25) is 4.40 Å². The average Bonchev–Trinajstić information content (AvgIpc) is 3.07. The summed E-state index contributed by atoms with van der Waals surface area (Å²) in [6.45, 7) is 0.746. The van der Waals surface area contributed by atoms with Gasteiger partial charge in [-0.1, -0.05) is 30.3 Å². The predicted molar refractivity (Wildman–Crippen MR) is 107 cm³/mol. The number of hydrogen-bond donors (Lipinski definition) is 2. The first-order chi connectivity index (χ1) is 13.3. The maximum atomic E-state index is 10.3. The molecule has 2 N–H and O–H groups in total. The summed E-state index contributed by atoms with van der Waals surface area (Å²) in [6, 6.07) is 21.2. The van der Waals surface area contributed by atoms with E-state index in [-0.39, 0.29) is 5.75 Å². The van der Waals surface area contributed by atoms with E-state index in [4.69, 9.17) is 9.72 Å². The lowest BCUT2D eigenvalue weighted by atomic mass is 10.1. The highest BCUT2D eigenvalue weighted by Crippen LogP contribution is 2.34. The third-order valence-corrected chi connectivity index (χ3v) is 4.55. The predicted octanol–water partition coefficient (Wildman–Crippen LogP) is 4.37. The molecule has 0 unspecified atom stereocenters. The van der Waals surface area contributed by atoms with Gasteiger partial charge in [-0.05, 0) is 48.4 Å². The van der Waals surface area contributed by atoms with Crippen molar-refractivity contribution in [3.8, 4) is 22.8 Å². The normalized spacial score (nSPS) is 10.9. The van der Waals surface area contributed by atoms with Crippen LogP contribution in [0.1, 0.15) is 5.56 Å². The van der Waals surface area contributed by atoms with Gasteiger partial charge in [-0.15, -0.1) is 0 Å². The fraction of sp³-hybridized carbons (Fsp3) is 0.136. The molecule has 4 rings (SSSR count). The van der Waals surface area contributed by atoms with E-state index in [1.807, 2.05) is 59.1 Å². The number of imidazole rings is 1. The Kier molecular flexibility index (Phi) is 4.66. The monoisotopic (exact) mass is 359 g/mol. The van der Waals surface area contributed by atoms with E-state index in [1.165, 1.54) is 5.56 Å². The Balaban J connectivity index is 1.62. The van der Waals surface area contributed by atoms with Crippen molar-refractivity contribution in [1.29, 1.82) is 0 Å². The Labute approximate surface area is 157 Å². The van der Waals surface area contributed by atoms with Gasteiger partial charge in [0.05, 0.1) is 7.11 Å². The molecule has 2 aromatic heterocycles. The second-order valence-electron chi connectivity index (χ2n) is 6.28. The van der Waals surface area contributed by atoms with Crippen LogP contribution in [0.5, 0.6) is 11.5 Å². The van der Waals surface area contributed by atoms with Gasteiger partial charge in [-0.2, -0.15) is 0 Å². The molecule has 0 bridgehead atoms. The Hall–Kier alpha value is -3.47. The molecule has 5 heteroatoms.